The first kappa shape index (κ1) is 15.4. The highest BCUT2D eigenvalue weighted by Crippen LogP contribution is 2.38. The summed E-state index contributed by atoms with van der Waals surface area (Å²) < 4.78 is 27.8. The van der Waals surface area contributed by atoms with Crippen molar-refractivity contribution >= 4 is 24.6 Å². The van der Waals surface area contributed by atoms with Crippen LogP contribution in [0.25, 0.3) is 11.1 Å². The maximum Gasteiger partial charge on any atom is 0.524 e. The number of hydrogen-bond donors (Lipinski definition) is 0. The fourth-order valence-electron chi connectivity index (χ4n) is 2.28. The number of benzene rings is 2. The number of cyclic esters (lactones) is 4. The number of hydrogen-bond acceptors (Lipinski definition) is 10. The molecule has 2 aliphatic rings. The van der Waals surface area contributed by atoms with Gasteiger partial charge in [-0.15, -0.1) is 0 Å². The number of carbonyl (C=O) groups excluding carboxylic acids is 4. The summed E-state index contributed by atoms with van der Waals surface area (Å²) in [6.45, 7) is 0. The molecule has 0 spiro atoms. The van der Waals surface area contributed by atoms with Crippen molar-refractivity contribution in [3.8, 4) is 34.1 Å². The third-order valence-electron chi connectivity index (χ3n) is 3.33. The summed E-state index contributed by atoms with van der Waals surface area (Å²) in [5.74, 6) is -0.0960. The van der Waals surface area contributed by atoms with E-state index in [0.29, 0.717) is 11.1 Å². The molecule has 0 radical (unpaired) electrons. The third kappa shape index (κ3) is 2.86. The SMILES string of the molecule is O=C1OC(=O)Oc2cc(-c3ccc4c(c3)OC(=O)OC(=O)O4)ccc2O1. The Morgan fingerprint density at radius 2 is 0.769 bits per heavy atom. The largest absolute Gasteiger partial charge is 0.524 e. The molecule has 130 valence electrons. The van der Waals surface area contributed by atoms with Gasteiger partial charge in [0.1, 0.15) is 0 Å². The van der Waals surface area contributed by atoms with Crippen molar-refractivity contribution in [1.82, 2.24) is 0 Å². The van der Waals surface area contributed by atoms with Crippen LogP contribution in [-0.4, -0.2) is 24.6 Å². The lowest BCUT2D eigenvalue weighted by Crippen LogP contribution is -2.14. The average molecular weight is 358 g/mol. The molecule has 4 rings (SSSR count). The van der Waals surface area contributed by atoms with Crippen molar-refractivity contribution in [3.63, 3.8) is 0 Å². The van der Waals surface area contributed by atoms with Gasteiger partial charge in [0.05, 0.1) is 0 Å². The zero-order valence-corrected chi connectivity index (χ0v) is 12.5. The topological polar surface area (TPSA) is 124 Å². The van der Waals surface area contributed by atoms with E-state index in [2.05, 4.69) is 9.47 Å². The Morgan fingerprint density at radius 1 is 0.423 bits per heavy atom. The Morgan fingerprint density at radius 3 is 1.15 bits per heavy atom. The van der Waals surface area contributed by atoms with Crippen LogP contribution in [0, 0.1) is 0 Å². The van der Waals surface area contributed by atoms with E-state index in [-0.39, 0.29) is 23.0 Å². The molecule has 2 aliphatic heterocycles. The van der Waals surface area contributed by atoms with E-state index in [9.17, 15) is 19.2 Å². The van der Waals surface area contributed by atoms with Crippen LogP contribution in [-0.2, 0) is 9.47 Å². The molecule has 0 atom stereocenters. The monoisotopic (exact) mass is 358 g/mol. The summed E-state index contributed by atoms with van der Waals surface area (Å²) >= 11 is 0. The molecule has 0 unspecified atom stereocenters. The van der Waals surface area contributed by atoms with Gasteiger partial charge in [-0.2, -0.15) is 0 Å². The first-order valence-corrected chi connectivity index (χ1v) is 6.99. The molecule has 0 N–H and O–H groups in total. The third-order valence-corrected chi connectivity index (χ3v) is 3.33. The lowest BCUT2D eigenvalue weighted by molar-refractivity contribution is 0.0976. The molecular formula is C16H6O10. The highest BCUT2D eigenvalue weighted by Gasteiger charge is 2.26. The van der Waals surface area contributed by atoms with Crippen LogP contribution < -0.4 is 18.9 Å². The van der Waals surface area contributed by atoms with Gasteiger partial charge in [0.25, 0.3) is 0 Å². The minimum atomic E-state index is -1.23. The van der Waals surface area contributed by atoms with Gasteiger partial charge < -0.3 is 28.4 Å². The first-order valence-electron chi connectivity index (χ1n) is 6.99. The second-order valence-electron chi connectivity index (χ2n) is 4.94. The number of ether oxygens (including phenoxy) is 6. The van der Waals surface area contributed by atoms with E-state index in [0.717, 1.165) is 0 Å². The van der Waals surface area contributed by atoms with E-state index in [1.54, 1.807) is 12.1 Å². The van der Waals surface area contributed by atoms with E-state index in [1.165, 1.54) is 24.3 Å². The molecule has 2 aromatic rings. The highest BCUT2D eigenvalue weighted by molar-refractivity contribution is 5.85. The molecule has 0 amide bonds. The van der Waals surface area contributed by atoms with Gasteiger partial charge in [0, 0.05) is 0 Å². The summed E-state index contributed by atoms with van der Waals surface area (Å²) in [6, 6.07) is 8.74. The van der Waals surface area contributed by atoms with Crippen molar-refractivity contribution < 1.29 is 47.6 Å². The zero-order chi connectivity index (χ0) is 18.3. The van der Waals surface area contributed by atoms with Crippen LogP contribution >= 0.6 is 0 Å². The molecule has 0 aromatic heterocycles. The Hall–Kier alpha value is -4.08. The van der Waals surface area contributed by atoms with Gasteiger partial charge in [-0.05, 0) is 35.4 Å². The van der Waals surface area contributed by atoms with Gasteiger partial charge in [0.2, 0.25) is 0 Å². The number of fused-ring (bicyclic) bond motifs is 2. The predicted molar refractivity (Wildman–Crippen MR) is 78.1 cm³/mol. The van der Waals surface area contributed by atoms with E-state index >= 15 is 0 Å². The Balaban J connectivity index is 1.73. The molecular weight excluding hydrogens is 352 g/mol. The first-order chi connectivity index (χ1) is 12.5. The lowest BCUT2D eigenvalue weighted by Gasteiger charge is -2.09. The molecule has 0 saturated heterocycles. The van der Waals surface area contributed by atoms with Crippen molar-refractivity contribution in [1.29, 1.82) is 0 Å². The Bertz CT molecular complexity index is 897. The molecule has 0 saturated carbocycles. The summed E-state index contributed by atoms with van der Waals surface area (Å²) in [4.78, 5) is 45.1. The van der Waals surface area contributed by atoms with E-state index < -0.39 is 24.6 Å². The van der Waals surface area contributed by atoms with Crippen LogP contribution in [0.4, 0.5) is 19.2 Å². The zero-order valence-electron chi connectivity index (χ0n) is 12.5. The fourth-order valence-corrected chi connectivity index (χ4v) is 2.28. The molecule has 2 heterocycles. The fraction of sp³-hybridized carbons (Fsp3) is 0. The van der Waals surface area contributed by atoms with Crippen LogP contribution in [0.2, 0.25) is 0 Å². The maximum atomic E-state index is 11.3. The minimum absolute atomic E-state index is 0.00637. The van der Waals surface area contributed by atoms with E-state index in [1.807, 2.05) is 0 Å². The molecule has 10 heteroatoms. The highest BCUT2D eigenvalue weighted by atomic mass is 16.8. The summed E-state index contributed by atoms with van der Waals surface area (Å²) in [6.07, 6.45) is -4.88. The quantitative estimate of drug-likeness (QED) is 0.425. The summed E-state index contributed by atoms with van der Waals surface area (Å²) in [7, 11) is 0. The standard InChI is InChI=1S/C16H6O10/c17-13-21-9-3-1-7(5-11(9)23-15(19)25-13)8-2-4-10-12(6-8)24-16(20)26-14(18)22-10/h1-6H. The summed E-state index contributed by atoms with van der Waals surface area (Å²) in [5.41, 5.74) is 1.04. The second-order valence-corrected chi connectivity index (χ2v) is 4.94. The smallest absolute Gasteiger partial charge is 0.391 e. The molecule has 2 aromatic carbocycles. The van der Waals surface area contributed by atoms with Crippen molar-refractivity contribution in [2.45, 2.75) is 0 Å². The van der Waals surface area contributed by atoms with Crippen molar-refractivity contribution in [3.05, 3.63) is 36.4 Å². The Labute approximate surface area is 143 Å². The number of rotatable bonds is 1. The van der Waals surface area contributed by atoms with Crippen LogP contribution in [0.15, 0.2) is 36.4 Å². The van der Waals surface area contributed by atoms with E-state index in [4.69, 9.17) is 18.9 Å². The molecule has 10 nitrogen and oxygen atoms in total. The van der Waals surface area contributed by atoms with Crippen LogP contribution in [0.1, 0.15) is 0 Å². The van der Waals surface area contributed by atoms with Gasteiger partial charge in [0.15, 0.2) is 23.0 Å². The summed E-state index contributed by atoms with van der Waals surface area (Å²) in [5, 5.41) is 0. The predicted octanol–water partition coefficient (Wildman–Crippen LogP) is 3.41. The van der Waals surface area contributed by atoms with Gasteiger partial charge in [-0.3, -0.25) is 0 Å². The lowest BCUT2D eigenvalue weighted by atomic mass is 10.0. The molecule has 26 heavy (non-hydrogen) atoms. The Kier molecular flexibility index (Phi) is 3.43. The van der Waals surface area contributed by atoms with Gasteiger partial charge in [-0.1, -0.05) is 12.1 Å². The van der Waals surface area contributed by atoms with Gasteiger partial charge in [-0.25, -0.2) is 19.2 Å². The van der Waals surface area contributed by atoms with Crippen LogP contribution in [0.3, 0.4) is 0 Å². The van der Waals surface area contributed by atoms with Crippen molar-refractivity contribution in [2.75, 3.05) is 0 Å². The van der Waals surface area contributed by atoms with Crippen molar-refractivity contribution in [2.24, 2.45) is 0 Å². The van der Waals surface area contributed by atoms with Gasteiger partial charge >= 0.3 is 24.6 Å². The average Bonchev–Trinajstić information content (AvgIpc) is 2.80. The number of carbonyl (C=O) groups is 4. The normalized spacial score (nSPS) is 15.5. The molecule has 0 fully saturated rings. The maximum absolute atomic E-state index is 11.3. The minimum Gasteiger partial charge on any atom is -0.391 e. The molecule has 0 bridgehead atoms. The molecule has 0 aliphatic carbocycles. The van der Waals surface area contributed by atoms with Crippen LogP contribution in [0.5, 0.6) is 23.0 Å². The second kappa shape index (κ2) is 5.77.